The van der Waals surface area contributed by atoms with Crippen molar-refractivity contribution in [3.05, 3.63) is 24.3 Å². The van der Waals surface area contributed by atoms with Crippen molar-refractivity contribution in [1.82, 2.24) is 0 Å². The third-order valence-electron chi connectivity index (χ3n) is 2.64. The number of rotatable bonds is 4. The standard InChI is InChI=1S/C12H17NO/c1-3-14-12-7-5-4-6-10(12)13-11-8-9(11)2/h4-7,9,11,13H,3,8H2,1-2H3. The molecule has 2 nitrogen and oxygen atoms in total. The third kappa shape index (κ3) is 2.00. The molecular weight excluding hydrogens is 174 g/mol. The predicted octanol–water partition coefficient (Wildman–Crippen LogP) is 2.91. The van der Waals surface area contributed by atoms with Gasteiger partial charge in [0, 0.05) is 6.04 Å². The quantitative estimate of drug-likeness (QED) is 0.790. The lowest BCUT2D eigenvalue weighted by Gasteiger charge is -2.11. The molecule has 0 aromatic heterocycles. The molecule has 0 bridgehead atoms. The highest BCUT2D eigenvalue weighted by atomic mass is 16.5. The molecule has 1 N–H and O–H groups in total. The molecular formula is C12H17NO. The van der Waals surface area contributed by atoms with Gasteiger partial charge < -0.3 is 10.1 Å². The van der Waals surface area contributed by atoms with Gasteiger partial charge in [-0.3, -0.25) is 0 Å². The van der Waals surface area contributed by atoms with E-state index in [1.165, 1.54) is 6.42 Å². The fraction of sp³-hybridized carbons (Fsp3) is 0.500. The van der Waals surface area contributed by atoms with Gasteiger partial charge in [-0.15, -0.1) is 0 Å². The van der Waals surface area contributed by atoms with Crippen LogP contribution in [0.2, 0.25) is 0 Å². The van der Waals surface area contributed by atoms with Crippen LogP contribution >= 0.6 is 0 Å². The molecule has 1 saturated carbocycles. The summed E-state index contributed by atoms with van der Waals surface area (Å²) in [5, 5.41) is 3.49. The molecule has 14 heavy (non-hydrogen) atoms. The smallest absolute Gasteiger partial charge is 0.142 e. The first-order valence-electron chi connectivity index (χ1n) is 5.29. The number of anilines is 1. The first-order chi connectivity index (χ1) is 6.81. The van der Waals surface area contributed by atoms with E-state index in [0.29, 0.717) is 6.04 Å². The van der Waals surface area contributed by atoms with Gasteiger partial charge in [0.2, 0.25) is 0 Å². The largest absolute Gasteiger partial charge is 0.492 e. The Morgan fingerprint density at radius 2 is 2.14 bits per heavy atom. The summed E-state index contributed by atoms with van der Waals surface area (Å²) in [6.07, 6.45) is 1.28. The topological polar surface area (TPSA) is 21.3 Å². The second-order valence-corrected chi connectivity index (χ2v) is 3.89. The molecule has 0 aliphatic heterocycles. The summed E-state index contributed by atoms with van der Waals surface area (Å²) in [7, 11) is 0. The van der Waals surface area contributed by atoms with Crippen molar-refractivity contribution in [1.29, 1.82) is 0 Å². The van der Waals surface area contributed by atoms with Crippen molar-refractivity contribution < 1.29 is 4.74 Å². The normalized spacial score (nSPS) is 24.4. The van der Waals surface area contributed by atoms with Crippen LogP contribution in [0.25, 0.3) is 0 Å². The van der Waals surface area contributed by atoms with E-state index in [4.69, 9.17) is 4.74 Å². The molecule has 2 heteroatoms. The van der Waals surface area contributed by atoms with Crippen molar-refractivity contribution in [3.8, 4) is 5.75 Å². The zero-order valence-electron chi connectivity index (χ0n) is 8.79. The van der Waals surface area contributed by atoms with Gasteiger partial charge in [-0.25, -0.2) is 0 Å². The highest BCUT2D eigenvalue weighted by Gasteiger charge is 2.32. The van der Waals surface area contributed by atoms with Crippen LogP contribution < -0.4 is 10.1 Å². The minimum absolute atomic E-state index is 0.650. The Kier molecular flexibility index (Phi) is 2.62. The molecule has 1 aromatic rings. The summed E-state index contributed by atoms with van der Waals surface area (Å²) in [5.74, 6) is 1.78. The zero-order valence-corrected chi connectivity index (χ0v) is 8.79. The first kappa shape index (κ1) is 9.38. The lowest BCUT2D eigenvalue weighted by Crippen LogP contribution is -2.05. The summed E-state index contributed by atoms with van der Waals surface area (Å²) in [4.78, 5) is 0. The van der Waals surface area contributed by atoms with Crippen molar-refractivity contribution in [2.75, 3.05) is 11.9 Å². The molecule has 0 spiro atoms. The van der Waals surface area contributed by atoms with Crippen molar-refractivity contribution in [2.45, 2.75) is 26.3 Å². The number of hydrogen-bond donors (Lipinski definition) is 1. The Morgan fingerprint density at radius 1 is 1.43 bits per heavy atom. The summed E-state index contributed by atoms with van der Waals surface area (Å²) in [5.41, 5.74) is 1.13. The number of hydrogen-bond acceptors (Lipinski definition) is 2. The maximum Gasteiger partial charge on any atom is 0.142 e. The molecule has 2 rings (SSSR count). The second kappa shape index (κ2) is 3.91. The van der Waals surface area contributed by atoms with Crippen LogP contribution in [-0.2, 0) is 0 Å². The average Bonchev–Trinajstić information content (AvgIpc) is 2.86. The number of para-hydroxylation sites is 2. The molecule has 2 unspecified atom stereocenters. The van der Waals surface area contributed by atoms with Gasteiger partial charge in [-0.2, -0.15) is 0 Å². The van der Waals surface area contributed by atoms with Crippen LogP contribution in [0.3, 0.4) is 0 Å². The summed E-state index contributed by atoms with van der Waals surface area (Å²) >= 11 is 0. The van der Waals surface area contributed by atoms with Gasteiger partial charge in [-0.1, -0.05) is 19.1 Å². The highest BCUT2D eigenvalue weighted by molar-refractivity contribution is 5.57. The maximum atomic E-state index is 5.54. The first-order valence-corrected chi connectivity index (χ1v) is 5.29. The Hall–Kier alpha value is -1.18. The number of ether oxygens (including phenoxy) is 1. The van der Waals surface area contributed by atoms with E-state index >= 15 is 0 Å². The van der Waals surface area contributed by atoms with Gasteiger partial charge in [-0.05, 0) is 31.4 Å². The fourth-order valence-corrected chi connectivity index (χ4v) is 1.59. The fourth-order valence-electron chi connectivity index (χ4n) is 1.59. The molecule has 0 saturated heterocycles. The van der Waals surface area contributed by atoms with Crippen LogP contribution in [0.15, 0.2) is 24.3 Å². The third-order valence-corrected chi connectivity index (χ3v) is 2.64. The van der Waals surface area contributed by atoms with E-state index in [-0.39, 0.29) is 0 Å². The minimum Gasteiger partial charge on any atom is -0.492 e. The molecule has 0 heterocycles. The van der Waals surface area contributed by atoms with E-state index in [0.717, 1.165) is 24.0 Å². The number of benzene rings is 1. The van der Waals surface area contributed by atoms with Crippen LogP contribution in [0.5, 0.6) is 5.75 Å². The molecule has 0 amide bonds. The molecule has 1 fully saturated rings. The van der Waals surface area contributed by atoms with Crippen molar-refractivity contribution in [3.63, 3.8) is 0 Å². The van der Waals surface area contributed by atoms with Crippen molar-refractivity contribution in [2.24, 2.45) is 5.92 Å². The van der Waals surface area contributed by atoms with E-state index in [1.807, 2.05) is 25.1 Å². The molecule has 1 aliphatic rings. The van der Waals surface area contributed by atoms with Gasteiger partial charge >= 0.3 is 0 Å². The molecule has 2 atom stereocenters. The Morgan fingerprint density at radius 3 is 2.79 bits per heavy atom. The highest BCUT2D eigenvalue weighted by Crippen LogP contribution is 2.35. The van der Waals surface area contributed by atoms with Gasteiger partial charge in [0.1, 0.15) is 5.75 Å². The summed E-state index contributed by atoms with van der Waals surface area (Å²) in [6, 6.07) is 8.79. The Balaban J connectivity index is 2.06. The lowest BCUT2D eigenvalue weighted by molar-refractivity contribution is 0.341. The zero-order chi connectivity index (χ0) is 9.97. The number of nitrogens with one attached hydrogen (secondary N) is 1. The van der Waals surface area contributed by atoms with Gasteiger partial charge in [0.05, 0.1) is 12.3 Å². The predicted molar refractivity (Wildman–Crippen MR) is 58.8 cm³/mol. The van der Waals surface area contributed by atoms with Crippen LogP contribution in [0, 0.1) is 5.92 Å². The summed E-state index contributed by atoms with van der Waals surface area (Å²) in [6.45, 7) is 5.00. The van der Waals surface area contributed by atoms with E-state index < -0.39 is 0 Å². The minimum atomic E-state index is 0.650. The van der Waals surface area contributed by atoms with E-state index in [2.05, 4.69) is 18.3 Å². The van der Waals surface area contributed by atoms with E-state index in [1.54, 1.807) is 0 Å². The monoisotopic (exact) mass is 191 g/mol. The molecule has 1 aromatic carbocycles. The average molecular weight is 191 g/mol. The Bertz CT molecular complexity index is 311. The van der Waals surface area contributed by atoms with Crippen LogP contribution in [0.1, 0.15) is 20.3 Å². The van der Waals surface area contributed by atoms with Crippen LogP contribution in [-0.4, -0.2) is 12.6 Å². The molecule has 1 aliphatic carbocycles. The van der Waals surface area contributed by atoms with Gasteiger partial charge in [0.25, 0.3) is 0 Å². The second-order valence-electron chi connectivity index (χ2n) is 3.89. The molecule has 76 valence electrons. The maximum absolute atomic E-state index is 5.54. The lowest BCUT2D eigenvalue weighted by atomic mass is 10.3. The Labute approximate surface area is 85.3 Å². The van der Waals surface area contributed by atoms with Gasteiger partial charge in [0.15, 0.2) is 0 Å². The summed E-state index contributed by atoms with van der Waals surface area (Å²) < 4.78 is 5.54. The van der Waals surface area contributed by atoms with Crippen LogP contribution in [0.4, 0.5) is 5.69 Å². The van der Waals surface area contributed by atoms with E-state index in [9.17, 15) is 0 Å². The molecule has 0 radical (unpaired) electrons. The van der Waals surface area contributed by atoms with Crippen molar-refractivity contribution >= 4 is 5.69 Å². The SMILES string of the molecule is CCOc1ccccc1NC1CC1C.